The normalized spacial score (nSPS) is 14.9. The zero-order chi connectivity index (χ0) is 12.4. The SMILES string of the molecule is CCC(Nc1cn[nH]c1)c1ccc2c(c1)CCO2. The van der Waals surface area contributed by atoms with Gasteiger partial charge in [-0.25, -0.2) is 0 Å². The van der Waals surface area contributed by atoms with Gasteiger partial charge in [-0.15, -0.1) is 0 Å². The predicted octanol–water partition coefficient (Wildman–Crippen LogP) is 2.91. The number of aromatic amines is 1. The Morgan fingerprint density at radius 2 is 2.44 bits per heavy atom. The summed E-state index contributed by atoms with van der Waals surface area (Å²) in [6.45, 7) is 2.99. The van der Waals surface area contributed by atoms with Gasteiger partial charge in [0.05, 0.1) is 24.5 Å². The maximum atomic E-state index is 5.54. The molecule has 1 aromatic carbocycles. The first kappa shape index (κ1) is 11.1. The van der Waals surface area contributed by atoms with Crippen molar-refractivity contribution >= 4 is 5.69 Å². The van der Waals surface area contributed by atoms with Gasteiger partial charge in [0.25, 0.3) is 0 Å². The monoisotopic (exact) mass is 243 g/mol. The van der Waals surface area contributed by atoms with E-state index in [4.69, 9.17) is 4.74 Å². The van der Waals surface area contributed by atoms with Crippen LogP contribution in [-0.4, -0.2) is 16.8 Å². The molecule has 2 N–H and O–H groups in total. The first-order valence-electron chi connectivity index (χ1n) is 6.37. The van der Waals surface area contributed by atoms with E-state index < -0.39 is 0 Å². The Balaban J connectivity index is 1.83. The molecule has 18 heavy (non-hydrogen) atoms. The molecule has 1 atom stereocenters. The van der Waals surface area contributed by atoms with Crippen LogP contribution in [0.15, 0.2) is 30.6 Å². The average molecular weight is 243 g/mol. The standard InChI is InChI=1S/C14H17N3O/c1-2-13(17-12-8-15-16-9-12)10-3-4-14-11(7-10)5-6-18-14/h3-4,7-9,13,17H,2,5-6H2,1H3,(H,15,16). The minimum Gasteiger partial charge on any atom is -0.493 e. The smallest absolute Gasteiger partial charge is 0.122 e. The minimum atomic E-state index is 0.313. The molecular weight excluding hydrogens is 226 g/mol. The van der Waals surface area contributed by atoms with Crippen LogP contribution in [0.4, 0.5) is 5.69 Å². The molecule has 2 heterocycles. The molecular formula is C14H17N3O. The van der Waals surface area contributed by atoms with E-state index in [9.17, 15) is 0 Å². The number of rotatable bonds is 4. The van der Waals surface area contributed by atoms with E-state index in [0.29, 0.717) is 6.04 Å². The molecule has 1 aliphatic rings. The second kappa shape index (κ2) is 4.72. The third kappa shape index (κ3) is 2.06. The molecule has 0 amide bonds. The highest BCUT2D eigenvalue weighted by Crippen LogP contribution is 2.30. The summed E-state index contributed by atoms with van der Waals surface area (Å²) < 4.78 is 5.54. The molecule has 0 saturated heterocycles. The van der Waals surface area contributed by atoms with Crippen molar-refractivity contribution < 1.29 is 4.74 Å². The van der Waals surface area contributed by atoms with E-state index in [0.717, 1.165) is 30.9 Å². The highest BCUT2D eigenvalue weighted by atomic mass is 16.5. The molecule has 0 spiro atoms. The summed E-state index contributed by atoms with van der Waals surface area (Å²) in [5.41, 5.74) is 3.65. The zero-order valence-corrected chi connectivity index (χ0v) is 10.4. The Labute approximate surface area is 106 Å². The topological polar surface area (TPSA) is 49.9 Å². The van der Waals surface area contributed by atoms with Crippen LogP contribution in [0.1, 0.15) is 30.5 Å². The molecule has 0 fully saturated rings. The van der Waals surface area contributed by atoms with Crippen molar-refractivity contribution in [1.29, 1.82) is 0 Å². The largest absolute Gasteiger partial charge is 0.493 e. The van der Waals surface area contributed by atoms with E-state index in [1.807, 2.05) is 6.20 Å². The Kier molecular flexibility index (Phi) is 2.92. The van der Waals surface area contributed by atoms with E-state index in [-0.39, 0.29) is 0 Å². The number of aromatic nitrogens is 2. The maximum absolute atomic E-state index is 5.54. The number of hydrogen-bond donors (Lipinski definition) is 2. The number of nitrogens with zero attached hydrogens (tertiary/aromatic N) is 1. The number of ether oxygens (including phenoxy) is 1. The van der Waals surface area contributed by atoms with Crippen molar-refractivity contribution in [3.63, 3.8) is 0 Å². The van der Waals surface area contributed by atoms with Gasteiger partial charge in [0.1, 0.15) is 5.75 Å². The zero-order valence-electron chi connectivity index (χ0n) is 10.4. The minimum absolute atomic E-state index is 0.313. The summed E-state index contributed by atoms with van der Waals surface area (Å²) in [5, 5.41) is 10.3. The molecule has 4 heteroatoms. The lowest BCUT2D eigenvalue weighted by Gasteiger charge is -2.18. The van der Waals surface area contributed by atoms with Gasteiger partial charge in [0.15, 0.2) is 0 Å². The average Bonchev–Trinajstić information content (AvgIpc) is 3.06. The van der Waals surface area contributed by atoms with Gasteiger partial charge in [0.2, 0.25) is 0 Å². The number of H-pyrrole nitrogens is 1. The number of nitrogens with one attached hydrogen (secondary N) is 2. The van der Waals surface area contributed by atoms with Crippen molar-refractivity contribution in [3.8, 4) is 5.75 Å². The fourth-order valence-electron chi connectivity index (χ4n) is 2.38. The third-order valence-corrected chi connectivity index (χ3v) is 3.36. The second-order valence-corrected chi connectivity index (χ2v) is 4.56. The molecule has 0 aliphatic carbocycles. The van der Waals surface area contributed by atoms with Gasteiger partial charge in [-0.1, -0.05) is 13.0 Å². The van der Waals surface area contributed by atoms with E-state index in [1.54, 1.807) is 6.20 Å². The second-order valence-electron chi connectivity index (χ2n) is 4.56. The highest BCUT2D eigenvalue weighted by Gasteiger charge is 2.16. The van der Waals surface area contributed by atoms with Gasteiger partial charge in [-0.2, -0.15) is 5.10 Å². The Bertz CT molecular complexity index is 522. The number of anilines is 1. The van der Waals surface area contributed by atoms with Crippen LogP contribution >= 0.6 is 0 Å². The van der Waals surface area contributed by atoms with Gasteiger partial charge in [-0.3, -0.25) is 5.10 Å². The molecule has 0 saturated carbocycles. The van der Waals surface area contributed by atoms with Crippen molar-refractivity contribution in [3.05, 3.63) is 41.7 Å². The van der Waals surface area contributed by atoms with E-state index in [2.05, 4.69) is 40.6 Å². The highest BCUT2D eigenvalue weighted by molar-refractivity contribution is 5.45. The molecule has 4 nitrogen and oxygen atoms in total. The molecule has 94 valence electrons. The van der Waals surface area contributed by atoms with Crippen LogP contribution in [0, 0.1) is 0 Å². The Morgan fingerprint density at radius 1 is 1.50 bits per heavy atom. The van der Waals surface area contributed by atoms with Crippen molar-refractivity contribution in [1.82, 2.24) is 10.2 Å². The van der Waals surface area contributed by atoms with Crippen LogP contribution in [0.2, 0.25) is 0 Å². The summed E-state index contributed by atoms with van der Waals surface area (Å²) in [5.74, 6) is 1.04. The molecule has 3 rings (SSSR count). The molecule has 1 unspecified atom stereocenters. The first-order valence-corrected chi connectivity index (χ1v) is 6.37. The van der Waals surface area contributed by atoms with Gasteiger partial charge in [-0.05, 0) is 29.7 Å². The van der Waals surface area contributed by atoms with Crippen LogP contribution in [-0.2, 0) is 6.42 Å². The lowest BCUT2D eigenvalue weighted by atomic mass is 10.0. The lowest BCUT2D eigenvalue weighted by molar-refractivity contribution is 0.357. The molecule has 0 bridgehead atoms. The van der Waals surface area contributed by atoms with E-state index >= 15 is 0 Å². The quantitative estimate of drug-likeness (QED) is 0.868. The predicted molar refractivity (Wildman–Crippen MR) is 70.9 cm³/mol. The summed E-state index contributed by atoms with van der Waals surface area (Å²) in [7, 11) is 0. The summed E-state index contributed by atoms with van der Waals surface area (Å²) in [4.78, 5) is 0. The lowest BCUT2D eigenvalue weighted by Crippen LogP contribution is -2.09. The van der Waals surface area contributed by atoms with Gasteiger partial charge < -0.3 is 10.1 Å². The van der Waals surface area contributed by atoms with Gasteiger partial charge >= 0.3 is 0 Å². The Hall–Kier alpha value is -1.97. The third-order valence-electron chi connectivity index (χ3n) is 3.36. The van der Waals surface area contributed by atoms with Crippen molar-refractivity contribution in [2.45, 2.75) is 25.8 Å². The maximum Gasteiger partial charge on any atom is 0.122 e. The van der Waals surface area contributed by atoms with Gasteiger partial charge in [0, 0.05) is 12.6 Å². The van der Waals surface area contributed by atoms with Crippen LogP contribution in [0.3, 0.4) is 0 Å². The number of benzene rings is 1. The molecule has 1 aromatic heterocycles. The fourth-order valence-corrected chi connectivity index (χ4v) is 2.38. The summed E-state index contributed by atoms with van der Waals surface area (Å²) in [6, 6.07) is 6.79. The summed E-state index contributed by atoms with van der Waals surface area (Å²) >= 11 is 0. The first-order chi connectivity index (χ1) is 8.86. The fraction of sp³-hybridized carbons (Fsp3) is 0.357. The van der Waals surface area contributed by atoms with E-state index in [1.165, 1.54) is 11.1 Å². The number of fused-ring (bicyclic) bond motifs is 1. The van der Waals surface area contributed by atoms with Crippen molar-refractivity contribution in [2.75, 3.05) is 11.9 Å². The van der Waals surface area contributed by atoms with Crippen LogP contribution in [0.25, 0.3) is 0 Å². The molecule has 1 aliphatic heterocycles. The molecule has 0 radical (unpaired) electrons. The molecule has 2 aromatic rings. The van der Waals surface area contributed by atoms with Crippen LogP contribution < -0.4 is 10.1 Å². The van der Waals surface area contributed by atoms with Crippen LogP contribution in [0.5, 0.6) is 5.75 Å². The number of hydrogen-bond acceptors (Lipinski definition) is 3. The van der Waals surface area contributed by atoms with Crippen molar-refractivity contribution in [2.24, 2.45) is 0 Å². The Morgan fingerprint density at radius 3 is 3.22 bits per heavy atom. The summed E-state index contributed by atoms with van der Waals surface area (Å²) in [6.07, 6.45) is 5.73.